The second-order valence-electron chi connectivity index (χ2n) is 7.67. The number of hydrogen-bond acceptors (Lipinski definition) is 5. The predicted molar refractivity (Wildman–Crippen MR) is 92.3 cm³/mol. The summed E-state index contributed by atoms with van der Waals surface area (Å²) in [4.78, 5) is 24.5. The number of esters is 1. The quantitative estimate of drug-likeness (QED) is 0.795. The zero-order valence-electron chi connectivity index (χ0n) is 14.6. The van der Waals surface area contributed by atoms with Crippen LogP contribution in [0.2, 0.25) is 0 Å². The van der Waals surface area contributed by atoms with Crippen molar-refractivity contribution in [2.75, 3.05) is 13.2 Å². The topological polar surface area (TPSA) is 70.4 Å². The van der Waals surface area contributed by atoms with Crippen molar-refractivity contribution in [2.45, 2.75) is 38.2 Å². The maximum absolute atomic E-state index is 12.4. The van der Waals surface area contributed by atoms with Gasteiger partial charge in [-0.3, -0.25) is 9.59 Å². The largest absolute Gasteiger partial charge is 0.465 e. The normalized spacial score (nSPS) is 27.8. The average Bonchev–Trinajstić information content (AvgIpc) is 3.12. The lowest BCUT2D eigenvalue weighted by Crippen LogP contribution is -2.29. The number of carbonyl (C=O) groups excluding carboxylic acids is 1. The summed E-state index contributed by atoms with van der Waals surface area (Å²) in [5.74, 6) is -0.314. The van der Waals surface area contributed by atoms with Crippen molar-refractivity contribution in [1.82, 2.24) is 9.78 Å². The third kappa shape index (κ3) is 2.84. The monoisotopic (exact) mass is 342 g/mol. The Hall–Kier alpha value is -2.21. The summed E-state index contributed by atoms with van der Waals surface area (Å²) in [6, 6.07) is 7.22. The molecule has 0 radical (unpaired) electrons. The molecule has 1 aliphatic carbocycles. The van der Waals surface area contributed by atoms with Gasteiger partial charge in [0.25, 0.3) is 5.56 Å². The lowest BCUT2D eigenvalue weighted by Gasteiger charge is -2.26. The molecule has 2 fully saturated rings. The first-order valence-electron chi connectivity index (χ1n) is 8.64. The van der Waals surface area contributed by atoms with Crippen LogP contribution in [0.1, 0.15) is 31.9 Å². The maximum Gasteiger partial charge on any atom is 0.311 e. The zero-order valence-corrected chi connectivity index (χ0v) is 14.6. The van der Waals surface area contributed by atoms with Gasteiger partial charge in [-0.1, -0.05) is 18.2 Å². The van der Waals surface area contributed by atoms with E-state index in [1.807, 2.05) is 18.2 Å². The molecule has 1 aliphatic heterocycles. The van der Waals surface area contributed by atoms with Gasteiger partial charge in [0.15, 0.2) is 0 Å². The molecule has 132 valence electrons. The van der Waals surface area contributed by atoms with Gasteiger partial charge in [-0.25, -0.2) is 4.68 Å². The highest BCUT2D eigenvalue weighted by molar-refractivity contribution is 5.86. The van der Waals surface area contributed by atoms with Gasteiger partial charge in [-0.05, 0) is 32.3 Å². The standard InChI is InChI=1S/C19H22N2O4/c1-18-7-8-19(10-18,12-25-18)11-24-16(22)9-15-13-5-3-4-6-14(13)17(23)21(2)20-15/h3-6H,7-12H2,1-2H3. The summed E-state index contributed by atoms with van der Waals surface area (Å²) < 4.78 is 12.7. The number of rotatable bonds is 4. The first-order valence-corrected chi connectivity index (χ1v) is 8.64. The number of ether oxygens (including phenoxy) is 2. The van der Waals surface area contributed by atoms with Gasteiger partial charge < -0.3 is 9.47 Å². The Kier molecular flexibility index (Phi) is 3.68. The van der Waals surface area contributed by atoms with E-state index in [2.05, 4.69) is 12.0 Å². The number of fused-ring (bicyclic) bond motifs is 3. The Morgan fingerprint density at radius 2 is 2.08 bits per heavy atom. The summed E-state index contributed by atoms with van der Waals surface area (Å²) in [6.45, 7) is 3.19. The SMILES string of the molecule is Cn1nc(CC(=O)OCC23CCC(C)(C2)OC3)c2ccccc2c1=O. The second kappa shape index (κ2) is 5.66. The summed E-state index contributed by atoms with van der Waals surface area (Å²) in [7, 11) is 1.60. The highest BCUT2D eigenvalue weighted by Crippen LogP contribution is 2.52. The molecule has 4 rings (SSSR count). The predicted octanol–water partition coefficient (Wildman–Crippen LogP) is 1.98. The van der Waals surface area contributed by atoms with Gasteiger partial charge in [0.05, 0.1) is 36.3 Å². The number of benzene rings is 1. The van der Waals surface area contributed by atoms with Crippen LogP contribution in [0.5, 0.6) is 0 Å². The van der Waals surface area contributed by atoms with Crippen LogP contribution in [-0.2, 0) is 27.7 Å². The number of hydrogen-bond donors (Lipinski definition) is 0. The van der Waals surface area contributed by atoms with E-state index in [4.69, 9.17) is 9.47 Å². The maximum atomic E-state index is 12.4. The molecular weight excluding hydrogens is 320 g/mol. The van der Waals surface area contributed by atoms with Gasteiger partial charge in [-0.2, -0.15) is 5.10 Å². The van der Waals surface area contributed by atoms with Gasteiger partial charge in [0.1, 0.15) is 0 Å². The van der Waals surface area contributed by atoms with Crippen LogP contribution in [0.4, 0.5) is 0 Å². The Morgan fingerprint density at radius 1 is 1.32 bits per heavy atom. The third-order valence-electron chi connectivity index (χ3n) is 5.54. The van der Waals surface area contributed by atoms with Crippen molar-refractivity contribution >= 4 is 16.7 Å². The molecule has 25 heavy (non-hydrogen) atoms. The molecule has 0 N–H and O–H groups in total. The van der Waals surface area contributed by atoms with Crippen molar-refractivity contribution < 1.29 is 14.3 Å². The molecule has 2 aliphatic rings. The van der Waals surface area contributed by atoms with Crippen LogP contribution in [0.25, 0.3) is 10.8 Å². The van der Waals surface area contributed by atoms with E-state index < -0.39 is 0 Å². The molecule has 1 aromatic carbocycles. The third-order valence-corrected chi connectivity index (χ3v) is 5.54. The Morgan fingerprint density at radius 3 is 2.72 bits per heavy atom. The molecule has 2 heterocycles. The number of nitrogens with zero attached hydrogens (tertiary/aromatic N) is 2. The van der Waals surface area contributed by atoms with Gasteiger partial charge >= 0.3 is 5.97 Å². The van der Waals surface area contributed by atoms with E-state index in [0.29, 0.717) is 29.7 Å². The zero-order chi connectivity index (χ0) is 17.7. The van der Waals surface area contributed by atoms with E-state index in [1.54, 1.807) is 13.1 Å². The fourth-order valence-electron chi connectivity index (χ4n) is 4.17. The van der Waals surface area contributed by atoms with Gasteiger partial charge in [0, 0.05) is 17.8 Å². The van der Waals surface area contributed by atoms with Crippen molar-refractivity contribution in [1.29, 1.82) is 0 Å². The van der Waals surface area contributed by atoms with Crippen LogP contribution < -0.4 is 5.56 Å². The minimum absolute atomic E-state index is 0.0244. The molecule has 0 spiro atoms. The van der Waals surface area contributed by atoms with Crippen LogP contribution >= 0.6 is 0 Å². The van der Waals surface area contributed by atoms with Gasteiger partial charge in [-0.15, -0.1) is 0 Å². The Labute approximate surface area is 145 Å². The molecule has 2 aromatic rings. The van der Waals surface area contributed by atoms with E-state index in [0.717, 1.165) is 19.3 Å². The molecule has 1 saturated heterocycles. The Balaban J connectivity index is 1.49. The number of aromatic nitrogens is 2. The van der Waals surface area contributed by atoms with Crippen LogP contribution in [0, 0.1) is 5.41 Å². The highest BCUT2D eigenvalue weighted by atomic mass is 16.5. The molecule has 6 nitrogen and oxygen atoms in total. The lowest BCUT2D eigenvalue weighted by atomic mass is 9.89. The molecule has 6 heteroatoms. The van der Waals surface area contributed by atoms with Crippen molar-refractivity contribution in [3.63, 3.8) is 0 Å². The minimum Gasteiger partial charge on any atom is -0.465 e. The summed E-state index contributed by atoms with van der Waals surface area (Å²) in [5, 5.41) is 5.53. The van der Waals surface area contributed by atoms with E-state index in [1.165, 1.54) is 4.68 Å². The molecule has 1 aromatic heterocycles. The molecular formula is C19H22N2O4. The molecule has 2 bridgehead atoms. The summed E-state index contributed by atoms with van der Waals surface area (Å²) >= 11 is 0. The fraction of sp³-hybridized carbons (Fsp3) is 0.526. The average molecular weight is 342 g/mol. The first-order chi connectivity index (χ1) is 11.9. The van der Waals surface area contributed by atoms with Crippen molar-refractivity contribution in [3.8, 4) is 0 Å². The first kappa shape index (κ1) is 16.3. The Bertz CT molecular complexity index is 894. The van der Waals surface area contributed by atoms with E-state index in [9.17, 15) is 9.59 Å². The minimum atomic E-state index is -0.314. The highest BCUT2D eigenvalue weighted by Gasteiger charge is 2.53. The van der Waals surface area contributed by atoms with Crippen molar-refractivity contribution in [3.05, 3.63) is 40.3 Å². The smallest absolute Gasteiger partial charge is 0.311 e. The summed E-state index contributed by atoms with van der Waals surface area (Å²) in [5.41, 5.74) is 0.338. The van der Waals surface area contributed by atoms with E-state index in [-0.39, 0.29) is 29.0 Å². The number of aryl methyl sites for hydroxylation is 1. The molecule has 2 unspecified atom stereocenters. The van der Waals surface area contributed by atoms with Gasteiger partial charge in [0.2, 0.25) is 0 Å². The number of carbonyl (C=O) groups is 1. The van der Waals surface area contributed by atoms with Crippen LogP contribution in [-0.4, -0.2) is 34.6 Å². The molecule has 2 atom stereocenters. The summed E-state index contributed by atoms with van der Waals surface area (Å²) in [6.07, 6.45) is 3.08. The lowest BCUT2D eigenvalue weighted by molar-refractivity contribution is -0.147. The van der Waals surface area contributed by atoms with E-state index >= 15 is 0 Å². The molecule has 0 amide bonds. The van der Waals surface area contributed by atoms with Crippen molar-refractivity contribution in [2.24, 2.45) is 12.5 Å². The van der Waals surface area contributed by atoms with Crippen LogP contribution in [0.3, 0.4) is 0 Å². The fourth-order valence-corrected chi connectivity index (χ4v) is 4.17. The molecule has 1 saturated carbocycles. The second-order valence-corrected chi connectivity index (χ2v) is 7.67. The van der Waals surface area contributed by atoms with Crippen LogP contribution in [0.15, 0.2) is 29.1 Å².